The molecule has 1 aliphatic heterocycles. The molecule has 0 amide bonds. The quantitative estimate of drug-likeness (QED) is 0.756. The number of hydrogen-bond donors (Lipinski definition) is 1. The maximum absolute atomic E-state index is 12.8. The van der Waals surface area contributed by atoms with Gasteiger partial charge in [-0.1, -0.05) is 0 Å². The second kappa shape index (κ2) is 6.52. The molecular weight excluding hydrogens is 368 g/mol. The maximum atomic E-state index is 12.8. The maximum Gasteiger partial charge on any atom is 0.262 e. The van der Waals surface area contributed by atoms with Crippen molar-refractivity contribution in [3.8, 4) is 0 Å². The number of imidazole rings is 2. The fraction of sp³-hybridized carbons (Fsp3) is 0.538. The minimum Gasteiger partial charge on any atom is -0.337 e. The highest BCUT2D eigenvalue weighted by Gasteiger charge is 2.33. The molecular formula is C13H20N6O4S2. The lowest BCUT2D eigenvalue weighted by Gasteiger charge is -2.20. The molecule has 0 aliphatic carbocycles. The van der Waals surface area contributed by atoms with Crippen LogP contribution in [0.5, 0.6) is 0 Å². The van der Waals surface area contributed by atoms with E-state index >= 15 is 0 Å². The van der Waals surface area contributed by atoms with Crippen LogP contribution in [0.1, 0.15) is 12.2 Å². The lowest BCUT2D eigenvalue weighted by molar-refractivity contribution is 0.403. The SMILES string of the molecule is Cc1nc(S(=O)(=O)N2CCCN(S(=O)(=O)c3cnc[nH]3)CC2)cn1C. The van der Waals surface area contributed by atoms with E-state index in [4.69, 9.17) is 0 Å². The van der Waals surface area contributed by atoms with Gasteiger partial charge in [-0.15, -0.1) is 0 Å². The van der Waals surface area contributed by atoms with Gasteiger partial charge in [0.05, 0.1) is 12.5 Å². The molecule has 0 unspecified atom stereocenters. The van der Waals surface area contributed by atoms with Crippen LogP contribution >= 0.6 is 0 Å². The van der Waals surface area contributed by atoms with Gasteiger partial charge >= 0.3 is 0 Å². The normalized spacial score (nSPS) is 18.3. The van der Waals surface area contributed by atoms with Gasteiger partial charge in [0.2, 0.25) is 0 Å². The first-order valence-corrected chi connectivity index (χ1v) is 10.6. The summed E-state index contributed by atoms with van der Waals surface area (Å²) in [4.78, 5) is 10.4. The van der Waals surface area contributed by atoms with E-state index in [1.54, 1.807) is 18.5 Å². The Kier molecular flexibility index (Phi) is 4.70. The van der Waals surface area contributed by atoms with Gasteiger partial charge in [-0.2, -0.15) is 8.61 Å². The molecule has 0 atom stereocenters. The highest BCUT2D eigenvalue weighted by Crippen LogP contribution is 2.20. The van der Waals surface area contributed by atoms with Crippen molar-refractivity contribution >= 4 is 20.0 Å². The number of aromatic amines is 1. The van der Waals surface area contributed by atoms with Crippen LogP contribution in [0, 0.1) is 6.92 Å². The molecule has 25 heavy (non-hydrogen) atoms. The van der Waals surface area contributed by atoms with Crippen LogP contribution < -0.4 is 0 Å². The minimum absolute atomic E-state index is 0.00385. The summed E-state index contributed by atoms with van der Waals surface area (Å²) in [7, 11) is -5.73. The molecule has 1 N–H and O–H groups in total. The van der Waals surface area contributed by atoms with E-state index in [-0.39, 0.29) is 36.2 Å². The number of aryl methyl sites for hydroxylation is 2. The Morgan fingerprint density at radius 2 is 1.68 bits per heavy atom. The smallest absolute Gasteiger partial charge is 0.262 e. The number of aromatic nitrogens is 4. The number of nitrogens with zero attached hydrogens (tertiary/aromatic N) is 5. The predicted octanol–water partition coefficient (Wildman–Crippen LogP) is -0.463. The zero-order valence-corrected chi connectivity index (χ0v) is 15.6. The molecule has 1 fully saturated rings. The average Bonchev–Trinajstić information content (AvgIpc) is 3.12. The Balaban J connectivity index is 1.80. The summed E-state index contributed by atoms with van der Waals surface area (Å²) in [6, 6.07) is 0. The molecule has 2 aromatic heterocycles. The highest BCUT2D eigenvalue weighted by atomic mass is 32.2. The number of H-pyrrole nitrogens is 1. The summed E-state index contributed by atoms with van der Waals surface area (Å²) in [6.07, 6.45) is 4.41. The Labute approximate surface area is 146 Å². The van der Waals surface area contributed by atoms with Crippen LogP contribution in [0.25, 0.3) is 0 Å². The molecule has 0 bridgehead atoms. The van der Waals surface area contributed by atoms with Crippen molar-refractivity contribution in [2.45, 2.75) is 23.4 Å². The van der Waals surface area contributed by atoms with Crippen molar-refractivity contribution in [2.24, 2.45) is 7.05 Å². The Bertz CT molecular complexity index is 929. The second-order valence-electron chi connectivity index (χ2n) is 5.81. The van der Waals surface area contributed by atoms with E-state index < -0.39 is 20.0 Å². The van der Waals surface area contributed by atoms with E-state index in [0.717, 1.165) is 0 Å². The van der Waals surface area contributed by atoms with E-state index in [0.29, 0.717) is 12.2 Å². The molecule has 138 valence electrons. The van der Waals surface area contributed by atoms with Gasteiger partial charge in [-0.05, 0) is 13.3 Å². The molecule has 1 aliphatic rings. The van der Waals surface area contributed by atoms with Crippen LogP contribution in [0.3, 0.4) is 0 Å². The van der Waals surface area contributed by atoms with E-state index in [9.17, 15) is 16.8 Å². The average molecular weight is 388 g/mol. The number of nitrogens with one attached hydrogen (secondary N) is 1. The highest BCUT2D eigenvalue weighted by molar-refractivity contribution is 7.89. The third kappa shape index (κ3) is 3.34. The fourth-order valence-electron chi connectivity index (χ4n) is 2.66. The van der Waals surface area contributed by atoms with Crippen molar-refractivity contribution in [3.63, 3.8) is 0 Å². The molecule has 3 rings (SSSR count). The van der Waals surface area contributed by atoms with E-state index in [1.165, 1.54) is 27.3 Å². The Morgan fingerprint density at radius 1 is 1.04 bits per heavy atom. The van der Waals surface area contributed by atoms with Crippen molar-refractivity contribution in [3.05, 3.63) is 24.5 Å². The Hall–Kier alpha value is -1.76. The van der Waals surface area contributed by atoms with Gasteiger partial charge < -0.3 is 9.55 Å². The zero-order chi connectivity index (χ0) is 18.2. The molecule has 0 aromatic carbocycles. The second-order valence-corrected chi connectivity index (χ2v) is 9.61. The van der Waals surface area contributed by atoms with Crippen LogP contribution in [-0.2, 0) is 27.1 Å². The first-order valence-electron chi connectivity index (χ1n) is 7.71. The number of hydrogen-bond acceptors (Lipinski definition) is 6. The largest absolute Gasteiger partial charge is 0.337 e. The summed E-state index contributed by atoms with van der Waals surface area (Å²) in [5, 5.41) is -0.0125. The molecule has 0 spiro atoms. The fourth-order valence-corrected chi connectivity index (χ4v) is 5.52. The van der Waals surface area contributed by atoms with Gasteiger partial charge in [0.25, 0.3) is 20.0 Å². The van der Waals surface area contributed by atoms with Crippen molar-refractivity contribution in [1.82, 2.24) is 28.1 Å². The number of rotatable bonds is 4. The van der Waals surface area contributed by atoms with E-state index in [2.05, 4.69) is 15.0 Å². The molecule has 10 nitrogen and oxygen atoms in total. The summed E-state index contributed by atoms with van der Waals surface area (Å²) in [5.74, 6) is 0.594. The zero-order valence-electron chi connectivity index (χ0n) is 14.0. The summed E-state index contributed by atoms with van der Waals surface area (Å²) < 4.78 is 54.8. The summed E-state index contributed by atoms with van der Waals surface area (Å²) in [6.45, 7) is 2.36. The molecule has 12 heteroatoms. The number of sulfonamides is 2. The van der Waals surface area contributed by atoms with E-state index in [1.807, 2.05) is 0 Å². The summed E-state index contributed by atoms with van der Waals surface area (Å²) in [5.41, 5.74) is 0. The lowest BCUT2D eigenvalue weighted by Crippen LogP contribution is -2.37. The van der Waals surface area contributed by atoms with Crippen molar-refractivity contribution < 1.29 is 16.8 Å². The van der Waals surface area contributed by atoms with Gasteiger partial charge in [-0.3, -0.25) is 0 Å². The first kappa shape index (κ1) is 18.0. The third-order valence-electron chi connectivity index (χ3n) is 4.20. The first-order chi connectivity index (χ1) is 11.7. The molecule has 1 saturated heterocycles. The Morgan fingerprint density at radius 3 is 2.20 bits per heavy atom. The minimum atomic E-state index is -3.75. The molecule has 0 radical (unpaired) electrons. The molecule has 3 heterocycles. The van der Waals surface area contributed by atoms with Crippen molar-refractivity contribution in [2.75, 3.05) is 26.2 Å². The standard InChI is InChI=1S/C13H20N6O4S2/c1-11-16-13(9-17(11)2)25(22,23)19-5-3-4-18(6-7-19)24(20,21)12-8-14-10-15-12/h8-10H,3-7H2,1-2H3,(H,14,15). The van der Waals surface area contributed by atoms with Gasteiger partial charge in [0, 0.05) is 39.4 Å². The third-order valence-corrected chi connectivity index (χ3v) is 7.79. The summed E-state index contributed by atoms with van der Waals surface area (Å²) >= 11 is 0. The van der Waals surface area contributed by atoms with Gasteiger partial charge in [-0.25, -0.2) is 26.8 Å². The van der Waals surface area contributed by atoms with Crippen molar-refractivity contribution in [1.29, 1.82) is 0 Å². The van der Waals surface area contributed by atoms with Crippen LogP contribution in [0.2, 0.25) is 0 Å². The van der Waals surface area contributed by atoms with Crippen LogP contribution in [0.4, 0.5) is 0 Å². The molecule has 0 saturated carbocycles. The molecule has 2 aromatic rings. The van der Waals surface area contributed by atoms with Crippen LogP contribution in [0.15, 0.2) is 28.8 Å². The van der Waals surface area contributed by atoms with Gasteiger partial charge in [0.15, 0.2) is 10.1 Å². The van der Waals surface area contributed by atoms with Gasteiger partial charge in [0.1, 0.15) is 5.82 Å². The topological polar surface area (TPSA) is 121 Å². The van der Waals surface area contributed by atoms with Crippen LogP contribution in [-0.4, -0.2) is 71.1 Å². The lowest BCUT2D eigenvalue weighted by atomic mass is 10.4. The monoisotopic (exact) mass is 388 g/mol. The predicted molar refractivity (Wildman–Crippen MR) is 88.7 cm³/mol.